The Morgan fingerprint density at radius 3 is 2.40 bits per heavy atom. The Labute approximate surface area is 246 Å². The lowest BCUT2D eigenvalue weighted by atomic mass is 10.0. The van der Waals surface area contributed by atoms with Crippen molar-refractivity contribution < 1.29 is 19.1 Å². The number of aromatic nitrogens is 1. The van der Waals surface area contributed by atoms with Gasteiger partial charge in [-0.3, -0.25) is 14.4 Å². The van der Waals surface area contributed by atoms with E-state index >= 15 is 0 Å². The average molecular weight is 565 g/mol. The fraction of sp³-hybridized carbons (Fsp3) is 0.235. The summed E-state index contributed by atoms with van der Waals surface area (Å²) >= 11 is 0. The summed E-state index contributed by atoms with van der Waals surface area (Å²) in [5, 5.41) is 6.27. The maximum absolute atomic E-state index is 13.0. The van der Waals surface area contributed by atoms with Crippen molar-refractivity contribution in [1.82, 2.24) is 15.6 Å². The van der Waals surface area contributed by atoms with Crippen molar-refractivity contribution in [1.29, 1.82) is 0 Å². The Balaban J connectivity index is 1.40. The molecule has 0 bridgehead atoms. The van der Waals surface area contributed by atoms with Crippen LogP contribution >= 0.6 is 0 Å². The molecule has 216 valence electrons. The van der Waals surface area contributed by atoms with E-state index in [9.17, 15) is 14.4 Å². The van der Waals surface area contributed by atoms with Crippen molar-refractivity contribution >= 4 is 40.4 Å². The number of hydrogen-bond donors (Lipinski definition) is 2. The van der Waals surface area contributed by atoms with E-state index in [1.54, 1.807) is 49.3 Å². The smallest absolute Gasteiger partial charge is 0.251 e. The first-order valence-electron chi connectivity index (χ1n) is 13.7. The minimum absolute atomic E-state index is 0.158. The number of rotatable bonds is 9. The molecular weight excluding hydrogens is 528 g/mol. The molecular formula is C34H36N4O4. The number of para-hydroxylation sites is 1. The molecule has 0 aliphatic rings. The molecule has 1 aromatic heterocycles. The lowest BCUT2D eigenvalue weighted by molar-refractivity contribution is -0.122. The molecule has 0 atom stereocenters. The summed E-state index contributed by atoms with van der Waals surface area (Å²) in [5.74, 6) is -0.113. The normalized spacial score (nSPS) is 11.0. The van der Waals surface area contributed by atoms with Crippen LogP contribution in [-0.2, 0) is 16.2 Å². The summed E-state index contributed by atoms with van der Waals surface area (Å²) in [6.45, 7) is 8.20. The maximum Gasteiger partial charge on any atom is 0.251 e. The third-order valence-electron chi connectivity index (χ3n) is 7.29. The zero-order chi connectivity index (χ0) is 30.4. The quantitative estimate of drug-likeness (QED) is 0.272. The number of nitrogens with one attached hydrogen (secondary N) is 2. The molecule has 0 spiro atoms. The zero-order valence-electron chi connectivity index (χ0n) is 24.9. The lowest BCUT2D eigenvalue weighted by Crippen LogP contribution is -2.38. The lowest BCUT2D eigenvalue weighted by Gasteiger charge is -2.23. The second kappa shape index (κ2) is 13.1. The fourth-order valence-corrected chi connectivity index (χ4v) is 4.82. The topological polar surface area (TPSA) is 101 Å². The third-order valence-corrected chi connectivity index (χ3v) is 7.29. The van der Waals surface area contributed by atoms with Crippen molar-refractivity contribution in [2.45, 2.75) is 34.3 Å². The van der Waals surface area contributed by atoms with Gasteiger partial charge in [0, 0.05) is 42.5 Å². The summed E-state index contributed by atoms with van der Waals surface area (Å²) in [6, 6.07) is 18.7. The molecule has 42 heavy (non-hydrogen) atoms. The van der Waals surface area contributed by atoms with Crippen LogP contribution in [0.1, 0.15) is 43.9 Å². The third kappa shape index (κ3) is 6.83. The van der Waals surface area contributed by atoms with Gasteiger partial charge in [-0.2, -0.15) is 0 Å². The van der Waals surface area contributed by atoms with E-state index in [1.807, 2.05) is 51.1 Å². The molecule has 4 rings (SSSR count). The second-order valence-electron chi connectivity index (χ2n) is 10.2. The fourth-order valence-electron chi connectivity index (χ4n) is 4.82. The summed E-state index contributed by atoms with van der Waals surface area (Å²) in [4.78, 5) is 43.3. The highest BCUT2D eigenvalue weighted by Crippen LogP contribution is 2.30. The standard InChI is InChI=1S/C34H36N4O4/c1-21-10-16-29(24(4)28(21)20-42-30-9-7-8-27-22(2)18-23(3)37-33(27)30)38(6)32(40)19-36-31(39)17-13-25-11-14-26(15-12-25)34(41)35-5/h7-18H,19-20H2,1-6H3,(H,35,41)(H,36,39). The van der Waals surface area contributed by atoms with E-state index in [0.717, 1.165) is 50.1 Å². The average Bonchev–Trinajstić information content (AvgIpc) is 2.98. The molecule has 1 heterocycles. The molecule has 4 aromatic rings. The van der Waals surface area contributed by atoms with Crippen molar-refractivity contribution in [3.8, 4) is 5.75 Å². The minimum atomic E-state index is -0.393. The predicted octanol–water partition coefficient (Wildman–Crippen LogP) is 5.20. The maximum atomic E-state index is 13.0. The number of nitrogens with zero attached hydrogens (tertiary/aromatic N) is 2. The summed E-state index contributed by atoms with van der Waals surface area (Å²) in [5.41, 5.74) is 7.93. The molecule has 0 unspecified atom stereocenters. The van der Waals surface area contributed by atoms with E-state index in [-0.39, 0.29) is 18.4 Å². The number of anilines is 1. The minimum Gasteiger partial charge on any atom is -0.487 e. The predicted molar refractivity (Wildman–Crippen MR) is 167 cm³/mol. The Hall–Kier alpha value is -4.98. The van der Waals surface area contributed by atoms with E-state index in [2.05, 4.69) is 23.6 Å². The van der Waals surface area contributed by atoms with Crippen LogP contribution in [0.2, 0.25) is 0 Å². The number of carbonyl (C=O) groups is 3. The monoisotopic (exact) mass is 564 g/mol. The van der Waals surface area contributed by atoms with Crippen LogP contribution in [0.3, 0.4) is 0 Å². The molecule has 0 radical (unpaired) electrons. The van der Waals surface area contributed by atoms with Gasteiger partial charge in [0.05, 0.1) is 6.54 Å². The van der Waals surface area contributed by atoms with Crippen molar-refractivity contribution in [3.63, 3.8) is 0 Å². The number of hydrogen-bond acceptors (Lipinski definition) is 5. The highest BCUT2D eigenvalue weighted by atomic mass is 16.5. The summed E-state index contributed by atoms with van der Waals surface area (Å²) < 4.78 is 6.29. The van der Waals surface area contributed by atoms with Crippen LogP contribution in [-0.4, -0.2) is 43.3 Å². The van der Waals surface area contributed by atoms with E-state index in [4.69, 9.17) is 9.72 Å². The highest BCUT2D eigenvalue weighted by molar-refractivity contribution is 5.99. The first-order chi connectivity index (χ1) is 20.1. The number of ether oxygens (including phenoxy) is 1. The van der Waals surface area contributed by atoms with Crippen LogP contribution in [0.4, 0.5) is 5.69 Å². The summed E-state index contributed by atoms with van der Waals surface area (Å²) in [6.07, 6.45) is 2.99. The van der Waals surface area contributed by atoms with Gasteiger partial charge in [-0.1, -0.05) is 30.3 Å². The molecule has 0 aliphatic carbocycles. The molecule has 3 aromatic carbocycles. The van der Waals surface area contributed by atoms with Gasteiger partial charge >= 0.3 is 0 Å². The SMILES string of the molecule is CNC(=O)c1ccc(C=CC(=O)NCC(=O)N(C)c2ccc(C)c(COc3cccc4c(C)cc(C)nc34)c2C)cc1. The van der Waals surface area contributed by atoms with Crippen LogP contribution < -0.4 is 20.3 Å². The highest BCUT2D eigenvalue weighted by Gasteiger charge is 2.17. The number of amides is 3. The zero-order valence-corrected chi connectivity index (χ0v) is 24.9. The van der Waals surface area contributed by atoms with Gasteiger partial charge in [0.15, 0.2) is 0 Å². The van der Waals surface area contributed by atoms with Gasteiger partial charge < -0.3 is 20.3 Å². The molecule has 3 amide bonds. The Morgan fingerprint density at radius 1 is 0.952 bits per heavy atom. The number of likely N-dealkylation sites (N-methyl/N-ethyl adjacent to an activating group) is 1. The van der Waals surface area contributed by atoms with Gasteiger partial charge in [0.2, 0.25) is 11.8 Å². The van der Waals surface area contributed by atoms with Crippen LogP contribution in [0.15, 0.2) is 66.7 Å². The Bertz CT molecular complexity index is 1680. The first kappa shape index (κ1) is 30.0. The Kier molecular flexibility index (Phi) is 9.37. The van der Waals surface area contributed by atoms with Crippen molar-refractivity contribution in [3.05, 3.63) is 106 Å². The number of aryl methyl sites for hydroxylation is 3. The number of carbonyl (C=O) groups excluding carboxylic acids is 3. The molecule has 0 saturated carbocycles. The number of pyridine rings is 1. The van der Waals surface area contributed by atoms with Crippen LogP contribution in [0.25, 0.3) is 17.0 Å². The number of fused-ring (bicyclic) bond motifs is 1. The van der Waals surface area contributed by atoms with E-state index < -0.39 is 5.91 Å². The first-order valence-corrected chi connectivity index (χ1v) is 13.7. The largest absolute Gasteiger partial charge is 0.487 e. The molecule has 0 aliphatic heterocycles. The van der Waals surface area contributed by atoms with Gasteiger partial charge in [-0.25, -0.2) is 4.98 Å². The van der Waals surface area contributed by atoms with Crippen molar-refractivity contribution in [2.24, 2.45) is 0 Å². The van der Waals surface area contributed by atoms with Crippen LogP contribution in [0, 0.1) is 27.7 Å². The summed E-state index contributed by atoms with van der Waals surface area (Å²) in [7, 11) is 3.26. The van der Waals surface area contributed by atoms with Gasteiger partial charge in [-0.05, 0) is 91.9 Å². The van der Waals surface area contributed by atoms with Gasteiger partial charge in [0.25, 0.3) is 5.91 Å². The molecule has 8 nitrogen and oxygen atoms in total. The number of benzene rings is 3. The van der Waals surface area contributed by atoms with Crippen molar-refractivity contribution in [2.75, 3.05) is 25.5 Å². The van der Waals surface area contributed by atoms with E-state index in [1.165, 1.54) is 6.08 Å². The van der Waals surface area contributed by atoms with Gasteiger partial charge in [0.1, 0.15) is 17.9 Å². The molecule has 0 fully saturated rings. The molecule has 0 saturated heterocycles. The molecule has 2 N–H and O–H groups in total. The molecule has 8 heteroatoms. The van der Waals surface area contributed by atoms with Crippen LogP contribution in [0.5, 0.6) is 5.75 Å². The Morgan fingerprint density at radius 2 is 1.69 bits per heavy atom. The van der Waals surface area contributed by atoms with E-state index in [0.29, 0.717) is 17.9 Å². The van der Waals surface area contributed by atoms with Gasteiger partial charge in [-0.15, -0.1) is 0 Å². The second-order valence-corrected chi connectivity index (χ2v) is 10.2.